The lowest BCUT2D eigenvalue weighted by atomic mass is 9.98. The van der Waals surface area contributed by atoms with Crippen LogP contribution in [-0.4, -0.2) is 27.5 Å². The first kappa shape index (κ1) is 18.5. The molecule has 144 valence electrons. The lowest BCUT2D eigenvalue weighted by Crippen LogP contribution is -2.38. The zero-order valence-electron chi connectivity index (χ0n) is 15.6. The second-order valence-electron chi connectivity index (χ2n) is 7.75. The third kappa shape index (κ3) is 4.34. The summed E-state index contributed by atoms with van der Waals surface area (Å²) in [6.07, 6.45) is 9.85. The molecular weight excluding hydrogens is 362 g/mol. The second kappa shape index (κ2) is 8.42. The molecule has 1 saturated carbocycles. The molecule has 4 rings (SSSR count). The van der Waals surface area contributed by atoms with Gasteiger partial charge < -0.3 is 9.42 Å². The number of carbonyl (C=O) groups excluding carboxylic acids is 1. The van der Waals surface area contributed by atoms with Crippen LogP contribution in [0.15, 0.2) is 28.8 Å². The van der Waals surface area contributed by atoms with Crippen LogP contribution < -0.4 is 0 Å². The standard InChI is InChI=1S/C21H26ClN3O2/c22-17-9-5-8-16(14-17)20-23-21(27-24-20)18-10-3-4-13-25(18)19(26)12-11-15-6-1-2-7-15/h5,8-9,14-15,18H,1-4,6-7,10-13H2/t18-/m0/s1. The Labute approximate surface area is 165 Å². The quantitative estimate of drug-likeness (QED) is 0.687. The van der Waals surface area contributed by atoms with Crippen LogP contribution in [0.1, 0.15) is 69.7 Å². The molecule has 0 unspecified atom stereocenters. The molecule has 1 aromatic carbocycles. The first-order valence-electron chi connectivity index (χ1n) is 10.1. The van der Waals surface area contributed by atoms with Crippen LogP contribution in [0.2, 0.25) is 5.02 Å². The summed E-state index contributed by atoms with van der Waals surface area (Å²) in [7, 11) is 0. The molecule has 0 bridgehead atoms. The summed E-state index contributed by atoms with van der Waals surface area (Å²) < 4.78 is 5.56. The minimum Gasteiger partial charge on any atom is -0.337 e. The summed E-state index contributed by atoms with van der Waals surface area (Å²) in [4.78, 5) is 19.4. The van der Waals surface area contributed by atoms with Crippen molar-refractivity contribution in [1.82, 2.24) is 15.0 Å². The summed E-state index contributed by atoms with van der Waals surface area (Å²) in [5.41, 5.74) is 0.826. The predicted molar refractivity (Wildman–Crippen MR) is 104 cm³/mol. The number of rotatable bonds is 5. The molecule has 2 fully saturated rings. The van der Waals surface area contributed by atoms with E-state index >= 15 is 0 Å². The molecule has 1 aliphatic carbocycles. The molecule has 27 heavy (non-hydrogen) atoms. The highest BCUT2D eigenvalue weighted by atomic mass is 35.5. The van der Waals surface area contributed by atoms with E-state index in [1.807, 2.05) is 29.2 Å². The normalized spacial score (nSPS) is 20.9. The maximum atomic E-state index is 12.9. The molecule has 1 saturated heterocycles. The monoisotopic (exact) mass is 387 g/mol. The van der Waals surface area contributed by atoms with Crippen molar-refractivity contribution in [3.8, 4) is 11.4 Å². The van der Waals surface area contributed by atoms with E-state index in [1.165, 1.54) is 25.7 Å². The number of amides is 1. The fourth-order valence-corrected chi connectivity index (χ4v) is 4.56. The van der Waals surface area contributed by atoms with E-state index in [0.29, 0.717) is 23.2 Å². The van der Waals surface area contributed by atoms with E-state index in [0.717, 1.165) is 43.7 Å². The van der Waals surface area contributed by atoms with E-state index < -0.39 is 0 Å². The molecule has 2 aliphatic rings. The molecule has 6 heteroatoms. The average molecular weight is 388 g/mol. The zero-order chi connectivity index (χ0) is 18.6. The van der Waals surface area contributed by atoms with Crippen LogP contribution in [0.25, 0.3) is 11.4 Å². The van der Waals surface area contributed by atoms with Crippen molar-refractivity contribution in [2.75, 3.05) is 6.54 Å². The summed E-state index contributed by atoms with van der Waals surface area (Å²) in [5.74, 6) is 2.03. The Bertz CT molecular complexity index is 785. The number of hydrogen-bond acceptors (Lipinski definition) is 4. The highest BCUT2D eigenvalue weighted by Gasteiger charge is 2.32. The van der Waals surface area contributed by atoms with Gasteiger partial charge >= 0.3 is 0 Å². The van der Waals surface area contributed by atoms with Gasteiger partial charge in [0.2, 0.25) is 17.6 Å². The lowest BCUT2D eigenvalue weighted by molar-refractivity contribution is -0.136. The van der Waals surface area contributed by atoms with Gasteiger partial charge in [-0.25, -0.2) is 0 Å². The molecule has 0 radical (unpaired) electrons. The minimum atomic E-state index is -0.102. The molecule has 2 aromatic rings. The average Bonchev–Trinajstić information content (AvgIpc) is 3.38. The van der Waals surface area contributed by atoms with Crippen LogP contribution in [0, 0.1) is 5.92 Å². The van der Waals surface area contributed by atoms with Crippen LogP contribution >= 0.6 is 11.6 Å². The molecule has 1 aromatic heterocycles. The van der Waals surface area contributed by atoms with Gasteiger partial charge in [-0.05, 0) is 43.7 Å². The predicted octanol–water partition coefficient (Wildman–Crippen LogP) is 5.41. The summed E-state index contributed by atoms with van der Waals surface area (Å²) in [6.45, 7) is 0.781. The van der Waals surface area contributed by atoms with Gasteiger partial charge in [-0.1, -0.05) is 54.6 Å². The van der Waals surface area contributed by atoms with Crippen molar-refractivity contribution >= 4 is 17.5 Å². The largest absolute Gasteiger partial charge is 0.337 e. The topological polar surface area (TPSA) is 59.2 Å². The Morgan fingerprint density at radius 1 is 1.19 bits per heavy atom. The van der Waals surface area contributed by atoms with Crippen molar-refractivity contribution in [2.24, 2.45) is 5.92 Å². The first-order valence-corrected chi connectivity index (χ1v) is 10.5. The highest BCUT2D eigenvalue weighted by molar-refractivity contribution is 6.30. The van der Waals surface area contributed by atoms with Gasteiger partial charge in [-0.3, -0.25) is 4.79 Å². The van der Waals surface area contributed by atoms with E-state index in [-0.39, 0.29) is 11.9 Å². The van der Waals surface area contributed by atoms with Crippen LogP contribution in [0.4, 0.5) is 0 Å². The smallest absolute Gasteiger partial charge is 0.249 e. The van der Waals surface area contributed by atoms with E-state index in [1.54, 1.807) is 0 Å². The number of likely N-dealkylation sites (tertiary alicyclic amines) is 1. The Morgan fingerprint density at radius 2 is 2.00 bits per heavy atom. The number of aromatic nitrogens is 2. The molecular formula is C21H26ClN3O2. The molecule has 0 N–H and O–H groups in total. The van der Waals surface area contributed by atoms with Crippen molar-refractivity contribution in [3.05, 3.63) is 35.2 Å². The Kier molecular flexibility index (Phi) is 5.77. The van der Waals surface area contributed by atoms with Crippen LogP contribution in [0.5, 0.6) is 0 Å². The maximum absolute atomic E-state index is 12.9. The number of nitrogens with zero attached hydrogens (tertiary/aromatic N) is 3. The van der Waals surface area contributed by atoms with E-state index in [9.17, 15) is 4.79 Å². The van der Waals surface area contributed by atoms with Gasteiger partial charge in [0.05, 0.1) is 0 Å². The number of piperidine rings is 1. The number of carbonyl (C=O) groups is 1. The van der Waals surface area contributed by atoms with E-state index in [2.05, 4.69) is 10.1 Å². The summed E-state index contributed by atoms with van der Waals surface area (Å²) >= 11 is 6.06. The third-order valence-corrected chi connectivity index (χ3v) is 6.11. The molecule has 5 nitrogen and oxygen atoms in total. The SMILES string of the molecule is O=C(CCC1CCCC1)N1CCCC[C@H]1c1nc(-c2cccc(Cl)c2)no1. The van der Waals surface area contributed by atoms with Gasteiger partial charge in [-0.2, -0.15) is 4.98 Å². The van der Waals surface area contributed by atoms with Gasteiger partial charge in [0.1, 0.15) is 6.04 Å². The molecule has 1 atom stereocenters. The minimum absolute atomic E-state index is 0.102. The Morgan fingerprint density at radius 3 is 2.81 bits per heavy atom. The van der Waals surface area contributed by atoms with Gasteiger partial charge in [-0.15, -0.1) is 0 Å². The van der Waals surface area contributed by atoms with Crippen LogP contribution in [-0.2, 0) is 4.79 Å². The fraction of sp³-hybridized carbons (Fsp3) is 0.571. The molecule has 2 heterocycles. The maximum Gasteiger partial charge on any atom is 0.249 e. The molecule has 1 amide bonds. The van der Waals surface area contributed by atoms with Crippen molar-refractivity contribution in [1.29, 1.82) is 0 Å². The van der Waals surface area contributed by atoms with Gasteiger partial charge in [0, 0.05) is 23.6 Å². The number of hydrogen-bond donors (Lipinski definition) is 0. The first-order chi connectivity index (χ1) is 13.2. The van der Waals surface area contributed by atoms with Crippen molar-refractivity contribution in [3.63, 3.8) is 0 Å². The highest BCUT2D eigenvalue weighted by Crippen LogP contribution is 2.33. The van der Waals surface area contributed by atoms with Gasteiger partial charge in [0.15, 0.2) is 0 Å². The summed E-state index contributed by atoms with van der Waals surface area (Å²) in [6, 6.07) is 7.31. The van der Waals surface area contributed by atoms with E-state index in [4.69, 9.17) is 16.1 Å². The Hall–Kier alpha value is -1.88. The van der Waals surface area contributed by atoms with Crippen molar-refractivity contribution in [2.45, 2.75) is 63.8 Å². The number of halogens is 1. The number of benzene rings is 1. The molecule has 0 spiro atoms. The Balaban J connectivity index is 1.46. The van der Waals surface area contributed by atoms with Gasteiger partial charge in [0.25, 0.3) is 0 Å². The zero-order valence-corrected chi connectivity index (χ0v) is 16.3. The lowest BCUT2D eigenvalue weighted by Gasteiger charge is -2.33. The fourth-order valence-electron chi connectivity index (χ4n) is 4.37. The molecule has 1 aliphatic heterocycles. The van der Waals surface area contributed by atoms with Crippen molar-refractivity contribution < 1.29 is 9.32 Å². The summed E-state index contributed by atoms with van der Waals surface area (Å²) in [5, 5.41) is 4.76. The second-order valence-corrected chi connectivity index (χ2v) is 8.19. The third-order valence-electron chi connectivity index (χ3n) is 5.87. The van der Waals surface area contributed by atoms with Crippen LogP contribution in [0.3, 0.4) is 0 Å².